The molecule has 30 heavy (non-hydrogen) atoms. The number of aromatic nitrogens is 4. The van der Waals surface area contributed by atoms with E-state index in [9.17, 15) is 22.8 Å². The van der Waals surface area contributed by atoms with E-state index < -0.39 is 23.3 Å². The molecule has 2 heterocycles. The number of hydrogen-bond acceptors (Lipinski definition) is 5. The van der Waals surface area contributed by atoms with E-state index in [2.05, 4.69) is 15.4 Å². The van der Waals surface area contributed by atoms with E-state index >= 15 is 0 Å². The van der Waals surface area contributed by atoms with Crippen molar-refractivity contribution in [2.75, 3.05) is 20.3 Å². The Morgan fingerprint density at radius 1 is 1.23 bits per heavy atom. The van der Waals surface area contributed by atoms with Crippen LogP contribution in [0.3, 0.4) is 0 Å². The van der Waals surface area contributed by atoms with Crippen molar-refractivity contribution in [1.29, 1.82) is 0 Å². The molecule has 0 spiro atoms. The summed E-state index contributed by atoms with van der Waals surface area (Å²) in [6.07, 6.45) is -3.84. The smallest absolute Gasteiger partial charge is 0.385 e. The molecule has 0 aliphatic rings. The van der Waals surface area contributed by atoms with Crippen molar-refractivity contribution in [1.82, 2.24) is 24.5 Å². The van der Waals surface area contributed by atoms with Gasteiger partial charge in [-0.15, -0.1) is 5.10 Å². The second kappa shape index (κ2) is 8.66. The van der Waals surface area contributed by atoms with Crippen LogP contribution in [0.4, 0.5) is 13.2 Å². The quantitative estimate of drug-likeness (QED) is 0.588. The molecule has 0 bridgehead atoms. The van der Waals surface area contributed by atoms with Crippen molar-refractivity contribution in [2.24, 2.45) is 0 Å². The third-order valence-electron chi connectivity index (χ3n) is 4.31. The van der Waals surface area contributed by atoms with Crippen LogP contribution in [-0.2, 0) is 22.3 Å². The molecule has 1 amide bonds. The van der Waals surface area contributed by atoms with Crippen molar-refractivity contribution in [3.8, 4) is 11.4 Å². The lowest BCUT2D eigenvalue weighted by atomic mass is 10.1. The molecule has 0 fully saturated rings. The molecule has 3 rings (SSSR count). The lowest BCUT2D eigenvalue weighted by Gasteiger charge is -2.08. The fourth-order valence-electron chi connectivity index (χ4n) is 2.89. The van der Waals surface area contributed by atoms with Gasteiger partial charge in [-0.05, 0) is 25.5 Å². The first-order valence-corrected chi connectivity index (χ1v) is 9.11. The van der Waals surface area contributed by atoms with E-state index in [0.29, 0.717) is 30.8 Å². The molecule has 0 radical (unpaired) electrons. The van der Waals surface area contributed by atoms with Crippen LogP contribution in [0, 0.1) is 6.92 Å². The maximum atomic E-state index is 12.8. The Morgan fingerprint density at radius 2 is 1.93 bits per heavy atom. The Labute approximate surface area is 169 Å². The minimum Gasteiger partial charge on any atom is -0.385 e. The number of rotatable bonds is 7. The Hall–Kier alpha value is -3.21. The maximum absolute atomic E-state index is 12.8. The summed E-state index contributed by atoms with van der Waals surface area (Å²) in [6, 6.07) is 5.90. The number of nitrogens with one attached hydrogen (secondary N) is 1. The second-order valence-corrected chi connectivity index (χ2v) is 6.63. The van der Waals surface area contributed by atoms with Crippen LogP contribution in [0.15, 0.2) is 35.1 Å². The summed E-state index contributed by atoms with van der Waals surface area (Å²) in [5.41, 5.74) is -0.321. The van der Waals surface area contributed by atoms with Crippen LogP contribution >= 0.6 is 0 Å². The Balaban J connectivity index is 1.93. The number of amides is 1. The monoisotopic (exact) mass is 423 g/mol. The lowest BCUT2D eigenvalue weighted by Crippen LogP contribution is -2.33. The number of methoxy groups -OCH3 is 1. The number of fused-ring (bicyclic) bond motifs is 1. The van der Waals surface area contributed by atoms with Gasteiger partial charge in [0.05, 0.1) is 5.56 Å². The number of aryl methyl sites for hydroxylation is 1. The first-order chi connectivity index (χ1) is 14.2. The highest BCUT2D eigenvalue weighted by Crippen LogP contribution is 2.30. The van der Waals surface area contributed by atoms with Crippen molar-refractivity contribution < 1.29 is 22.7 Å². The number of carbonyl (C=O) groups excluding carboxylic acids is 1. The standard InChI is InChI=1S/C19H20F3N5O3/c1-12-10-15-25-26(11-16(28)23-8-3-9-30-2)18(29)27(15)17(24-12)13-4-6-14(7-5-13)19(20,21)22/h4-7,10H,3,8-9,11H2,1-2H3,(H,23,28). The summed E-state index contributed by atoms with van der Waals surface area (Å²) in [5.74, 6) is -0.243. The fraction of sp³-hybridized carbons (Fsp3) is 0.368. The van der Waals surface area contributed by atoms with E-state index in [4.69, 9.17) is 4.74 Å². The molecule has 3 aromatic rings. The Bertz CT molecular complexity index is 1100. The van der Waals surface area contributed by atoms with Gasteiger partial charge in [-0.1, -0.05) is 12.1 Å². The average molecular weight is 423 g/mol. The molecular weight excluding hydrogens is 403 g/mol. The highest BCUT2D eigenvalue weighted by atomic mass is 19.4. The highest BCUT2D eigenvalue weighted by Gasteiger charge is 2.30. The molecule has 1 N–H and O–H groups in total. The molecule has 0 aliphatic carbocycles. The SMILES string of the molecule is COCCCNC(=O)Cn1nc2cc(C)nc(-c3ccc(C(F)(F)F)cc3)n2c1=O. The largest absolute Gasteiger partial charge is 0.416 e. The summed E-state index contributed by atoms with van der Waals surface area (Å²) < 4.78 is 45.6. The van der Waals surface area contributed by atoms with Crippen LogP contribution in [-0.4, -0.2) is 45.3 Å². The first-order valence-electron chi connectivity index (χ1n) is 9.11. The summed E-state index contributed by atoms with van der Waals surface area (Å²) in [7, 11) is 1.56. The predicted octanol–water partition coefficient (Wildman–Crippen LogP) is 2.04. The molecule has 2 aromatic heterocycles. The Kier molecular flexibility index (Phi) is 6.20. The van der Waals surface area contributed by atoms with Gasteiger partial charge in [-0.3, -0.25) is 4.79 Å². The molecule has 0 saturated carbocycles. The number of benzene rings is 1. The molecule has 0 saturated heterocycles. The van der Waals surface area contributed by atoms with Crippen LogP contribution in [0.2, 0.25) is 0 Å². The molecule has 160 valence electrons. The predicted molar refractivity (Wildman–Crippen MR) is 102 cm³/mol. The highest BCUT2D eigenvalue weighted by molar-refractivity contribution is 5.75. The zero-order chi connectivity index (χ0) is 21.9. The number of halogens is 3. The lowest BCUT2D eigenvalue weighted by molar-refractivity contribution is -0.137. The summed E-state index contributed by atoms with van der Waals surface area (Å²) in [4.78, 5) is 29.2. The number of hydrogen-bond donors (Lipinski definition) is 1. The third kappa shape index (κ3) is 4.67. The molecule has 8 nitrogen and oxygen atoms in total. The van der Waals surface area contributed by atoms with Gasteiger partial charge in [0.1, 0.15) is 12.4 Å². The third-order valence-corrected chi connectivity index (χ3v) is 4.31. The van der Waals surface area contributed by atoms with Gasteiger partial charge in [-0.2, -0.15) is 13.2 Å². The van der Waals surface area contributed by atoms with Crippen molar-refractivity contribution in [3.63, 3.8) is 0 Å². The van der Waals surface area contributed by atoms with Crippen LogP contribution in [0.5, 0.6) is 0 Å². The normalized spacial score (nSPS) is 11.8. The van der Waals surface area contributed by atoms with Crippen LogP contribution < -0.4 is 11.0 Å². The maximum Gasteiger partial charge on any atom is 0.416 e. The van der Waals surface area contributed by atoms with Crippen LogP contribution in [0.1, 0.15) is 17.7 Å². The fourth-order valence-corrected chi connectivity index (χ4v) is 2.89. The zero-order valence-electron chi connectivity index (χ0n) is 16.4. The zero-order valence-corrected chi connectivity index (χ0v) is 16.4. The van der Waals surface area contributed by atoms with Gasteiger partial charge in [0, 0.05) is 37.6 Å². The second-order valence-electron chi connectivity index (χ2n) is 6.63. The summed E-state index contributed by atoms with van der Waals surface area (Å²) >= 11 is 0. The topological polar surface area (TPSA) is 90.5 Å². The molecular formula is C19H20F3N5O3. The van der Waals surface area contributed by atoms with Gasteiger partial charge in [-0.25, -0.2) is 18.9 Å². The molecule has 0 unspecified atom stereocenters. The number of carbonyl (C=O) groups is 1. The van der Waals surface area contributed by atoms with Gasteiger partial charge >= 0.3 is 11.9 Å². The van der Waals surface area contributed by atoms with Crippen molar-refractivity contribution >= 4 is 11.6 Å². The summed E-state index contributed by atoms with van der Waals surface area (Å²) in [6.45, 7) is 2.28. The van der Waals surface area contributed by atoms with E-state index in [0.717, 1.165) is 16.8 Å². The van der Waals surface area contributed by atoms with Crippen molar-refractivity contribution in [3.05, 3.63) is 52.1 Å². The van der Waals surface area contributed by atoms with Gasteiger partial charge in [0.25, 0.3) is 0 Å². The number of alkyl halides is 3. The average Bonchev–Trinajstić information content (AvgIpc) is 2.99. The molecule has 1 aromatic carbocycles. The van der Waals surface area contributed by atoms with Gasteiger partial charge in [0.2, 0.25) is 5.91 Å². The Morgan fingerprint density at radius 3 is 2.57 bits per heavy atom. The van der Waals surface area contributed by atoms with Crippen LogP contribution in [0.25, 0.3) is 17.0 Å². The number of ether oxygens (including phenoxy) is 1. The van der Waals surface area contributed by atoms with Gasteiger partial charge < -0.3 is 10.1 Å². The summed E-state index contributed by atoms with van der Waals surface area (Å²) in [5, 5.41) is 6.83. The minimum absolute atomic E-state index is 0.149. The minimum atomic E-state index is -4.47. The molecule has 0 atom stereocenters. The van der Waals surface area contributed by atoms with E-state index in [1.165, 1.54) is 16.5 Å². The van der Waals surface area contributed by atoms with Gasteiger partial charge in [0.15, 0.2) is 5.65 Å². The molecule has 11 heteroatoms. The van der Waals surface area contributed by atoms with Crippen molar-refractivity contribution in [2.45, 2.75) is 26.1 Å². The number of nitrogens with zero attached hydrogens (tertiary/aromatic N) is 4. The first kappa shape index (κ1) is 21.5. The van der Waals surface area contributed by atoms with E-state index in [1.807, 2.05) is 0 Å². The molecule has 0 aliphatic heterocycles. The van der Waals surface area contributed by atoms with E-state index in [-0.39, 0.29) is 18.0 Å². The van der Waals surface area contributed by atoms with E-state index in [1.54, 1.807) is 20.1 Å².